The van der Waals surface area contributed by atoms with Crippen molar-refractivity contribution in [1.29, 1.82) is 0 Å². The van der Waals surface area contributed by atoms with E-state index in [-0.39, 0.29) is 0 Å². The van der Waals surface area contributed by atoms with Crippen molar-refractivity contribution < 1.29 is 0 Å². The van der Waals surface area contributed by atoms with E-state index in [0.717, 1.165) is 12.8 Å². The van der Waals surface area contributed by atoms with E-state index in [1.807, 2.05) is 24.3 Å². The SMILES string of the molecule is Cc1ccc(-c2cccc(-c3ccc4c(c3)c3c(n4-c4ccc(-c5ccccc5)cc4)C=CCC3)c2)cc1.Cc1ccc(-c2ccccc2)cc1.Cc1ccccc1. The molecule has 9 aromatic rings. The summed E-state index contributed by atoms with van der Waals surface area (Å²) in [6.07, 6.45) is 6.78. The van der Waals surface area contributed by atoms with Crippen LogP contribution in [0.15, 0.2) is 212 Å². The molecule has 0 aliphatic heterocycles. The minimum atomic E-state index is 1.07. The first-order chi connectivity index (χ1) is 28.5. The predicted octanol–water partition coefficient (Wildman–Crippen LogP) is 15.6. The van der Waals surface area contributed by atoms with Gasteiger partial charge >= 0.3 is 0 Å². The largest absolute Gasteiger partial charge is 0.310 e. The van der Waals surface area contributed by atoms with Gasteiger partial charge in [0.1, 0.15) is 0 Å². The fourth-order valence-electron chi connectivity index (χ4n) is 7.66. The van der Waals surface area contributed by atoms with Crippen molar-refractivity contribution in [3.63, 3.8) is 0 Å². The van der Waals surface area contributed by atoms with E-state index < -0.39 is 0 Å². The number of hydrogen-bond acceptors (Lipinski definition) is 0. The maximum absolute atomic E-state index is 2.43. The summed E-state index contributed by atoms with van der Waals surface area (Å²) in [6.45, 7) is 6.32. The Morgan fingerprint density at radius 2 is 0.776 bits per heavy atom. The Bertz CT molecular complexity index is 2740. The molecule has 0 fully saturated rings. The van der Waals surface area contributed by atoms with Gasteiger partial charge < -0.3 is 4.57 Å². The smallest absolute Gasteiger partial charge is 0.0538 e. The van der Waals surface area contributed by atoms with Gasteiger partial charge in [-0.15, -0.1) is 0 Å². The van der Waals surface area contributed by atoms with E-state index in [9.17, 15) is 0 Å². The van der Waals surface area contributed by atoms with Crippen molar-refractivity contribution in [3.05, 3.63) is 240 Å². The average Bonchev–Trinajstić information content (AvgIpc) is 3.62. The third-order valence-electron chi connectivity index (χ3n) is 10.9. The number of allylic oxidation sites excluding steroid dienone is 1. The third kappa shape index (κ3) is 8.86. The van der Waals surface area contributed by atoms with Crippen molar-refractivity contribution in [3.8, 4) is 50.2 Å². The lowest BCUT2D eigenvalue weighted by Gasteiger charge is -2.13. The summed E-state index contributed by atoms with van der Waals surface area (Å²) in [5, 5.41) is 1.36. The fourth-order valence-corrected chi connectivity index (χ4v) is 7.66. The molecule has 10 rings (SSSR count). The van der Waals surface area contributed by atoms with Gasteiger partial charge in [-0.25, -0.2) is 0 Å². The quantitative estimate of drug-likeness (QED) is 0.165. The van der Waals surface area contributed by atoms with Crippen LogP contribution in [0.25, 0.3) is 67.2 Å². The van der Waals surface area contributed by atoms with Crippen LogP contribution in [-0.2, 0) is 6.42 Å². The molecular weight excluding hydrogens is 699 g/mol. The molecule has 0 bridgehead atoms. The zero-order chi connectivity index (χ0) is 39.7. The van der Waals surface area contributed by atoms with Crippen molar-refractivity contribution in [2.45, 2.75) is 33.6 Å². The van der Waals surface area contributed by atoms with Crippen LogP contribution in [0.2, 0.25) is 0 Å². The summed E-state index contributed by atoms with van der Waals surface area (Å²) in [5.74, 6) is 0. The van der Waals surface area contributed by atoms with Crippen LogP contribution in [0.5, 0.6) is 0 Å². The molecule has 1 heteroatoms. The lowest BCUT2D eigenvalue weighted by atomic mass is 9.96. The Labute approximate surface area is 344 Å². The molecule has 0 N–H and O–H groups in total. The molecular formula is C57H49N. The third-order valence-corrected chi connectivity index (χ3v) is 10.9. The monoisotopic (exact) mass is 747 g/mol. The van der Waals surface area contributed by atoms with Crippen LogP contribution in [0, 0.1) is 20.8 Å². The second-order valence-corrected chi connectivity index (χ2v) is 15.1. The van der Waals surface area contributed by atoms with Crippen LogP contribution < -0.4 is 0 Å². The summed E-state index contributed by atoms with van der Waals surface area (Å²) >= 11 is 0. The number of fused-ring (bicyclic) bond motifs is 3. The number of nitrogens with zero attached hydrogens (tertiary/aromatic N) is 1. The molecule has 282 valence electrons. The molecule has 0 saturated carbocycles. The van der Waals surface area contributed by atoms with Gasteiger partial charge in [0.25, 0.3) is 0 Å². The maximum Gasteiger partial charge on any atom is 0.0538 e. The van der Waals surface area contributed by atoms with E-state index in [0.29, 0.717) is 0 Å². The molecule has 0 saturated heterocycles. The predicted molar refractivity (Wildman–Crippen MR) is 249 cm³/mol. The van der Waals surface area contributed by atoms with Gasteiger partial charge in [-0.2, -0.15) is 0 Å². The molecule has 0 atom stereocenters. The van der Waals surface area contributed by atoms with Crippen molar-refractivity contribution in [1.82, 2.24) is 4.57 Å². The highest BCUT2D eigenvalue weighted by molar-refractivity contribution is 5.94. The van der Waals surface area contributed by atoms with E-state index in [1.54, 1.807) is 0 Å². The Morgan fingerprint density at radius 3 is 1.31 bits per heavy atom. The van der Waals surface area contributed by atoms with E-state index in [1.165, 1.54) is 89.0 Å². The number of rotatable bonds is 5. The summed E-state index contributed by atoms with van der Waals surface area (Å²) in [7, 11) is 0. The molecule has 1 aliphatic carbocycles. The molecule has 1 nitrogen and oxygen atoms in total. The van der Waals surface area contributed by atoms with Gasteiger partial charge in [0, 0.05) is 16.8 Å². The summed E-state index contributed by atoms with van der Waals surface area (Å²) < 4.78 is 2.43. The second kappa shape index (κ2) is 17.9. The van der Waals surface area contributed by atoms with Gasteiger partial charge in [-0.3, -0.25) is 0 Å². The van der Waals surface area contributed by atoms with Gasteiger partial charge in [0.05, 0.1) is 5.52 Å². The molecule has 8 aromatic carbocycles. The topological polar surface area (TPSA) is 4.93 Å². The summed E-state index contributed by atoms with van der Waals surface area (Å²) in [4.78, 5) is 0. The molecule has 1 heterocycles. The molecule has 1 aromatic heterocycles. The highest BCUT2D eigenvalue weighted by Crippen LogP contribution is 2.37. The Morgan fingerprint density at radius 1 is 0.362 bits per heavy atom. The van der Waals surface area contributed by atoms with Gasteiger partial charge in [-0.05, 0) is 120 Å². The van der Waals surface area contributed by atoms with Crippen LogP contribution >= 0.6 is 0 Å². The Hall–Kier alpha value is -6.96. The number of hydrogen-bond donors (Lipinski definition) is 0. The lowest BCUT2D eigenvalue weighted by molar-refractivity contribution is 0.967. The highest BCUT2D eigenvalue weighted by Gasteiger charge is 2.19. The molecule has 0 radical (unpaired) electrons. The van der Waals surface area contributed by atoms with Crippen LogP contribution in [0.4, 0.5) is 0 Å². The maximum atomic E-state index is 2.43. The van der Waals surface area contributed by atoms with Gasteiger partial charge in [0.2, 0.25) is 0 Å². The first-order valence-electron chi connectivity index (χ1n) is 20.3. The number of benzene rings is 8. The molecule has 1 aliphatic rings. The van der Waals surface area contributed by atoms with Crippen molar-refractivity contribution >= 4 is 17.0 Å². The Balaban J connectivity index is 0.000000191. The minimum Gasteiger partial charge on any atom is -0.310 e. The molecule has 58 heavy (non-hydrogen) atoms. The van der Waals surface area contributed by atoms with Crippen LogP contribution in [0.1, 0.15) is 34.4 Å². The van der Waals surface area contributed by atoms with Gasteiger partial charge in [-0.1, -0.05) is 199 Å². The standard InChI is InChI=1S/C37H29N.C13H12.C7H8/c1-26-14-16-29(17-15-26)30-10-7-11-31(24-30)32-20-23-37-35(25-32)34-12-5-6-13-36(34)38(37)33-21-18-28(19-22-33)27-8-3-2-4-9-27;1-11-7-9-13(10-8-11)12-5-3-2-4-6-12;1-7-5-3-2-4-6-7/h2-4,6-11,13-25H,5,12H2,1H3;2-10H,1H3;2-6H,1H3. The highest BCUT2D eigenvalue weighted by atomic mass is 15.0. The zero-order valence-electron chi connectivity index (χ0n) is 33.6. The minimum absolute atomic E-state index is 1.07. The molecule has 0 amide bonds. The molecule has 0 spiro atoms. The average molecular weight is 748 g/mol. The number of aromatic nitrogens is 1. The fraction of sp³-hybridized carbons (Fsp3) is 0.0877. The first kappa shape index (κ1) is 37.9. The second-order valence-electron chi connectivity index (χ2n) is 15.1. The lowest BCUT2D eigenvalue weighted by Crippen LogP contribution is -2.00. The zero-order valence-corrected chi connectivity index (χ0v) is 33.6. The summed E-state index contributed by atoms with van der Waals surface area (Å²) in [6, 6.07) is 73.5. The normalized spacial score (nSPS) is 11.5. The van der Waals surface area contributed by atoms with Crippen molar-refractivity contribution in [2.24, 2.45) is 0 Å². The Kier molecular flexibility index (Phi) is 11.7. The van der Waals surface area contributed by atoms with Crippen LogP contribution in [-0.4, -0.2) is 4.57 Å². The van der Waals surface area contributed by atoms with E-state index in [4.69, 9.17) is 0 Å². The van der Waals surface area contributed by atoms with Gasteiger partial charge in [0.15, 0.2) is 0 Å². The summed E-state index contributed by atoms with van der Waals surface area (Å²) in [5.41, 5.74) is 19.2. The van der Waals surface area contributed by atoms with E-state index in [2.05, 4.69) is 219 Å². The van der Waals surface area contributed by atoms with Crippen LogP contribution in [0.3, 0.4) is 0 Å². The first-order valence-corrected chi connectivity index (χ1v) is 20.3. The number of aryl methyl sites for hydroxylation is 4. The van der Waals surface area contributed by atoms with Crippen molar-refractivity contribution in [2.75, 3.05) is 0 Å². The molecule has 0 unspecified atom stereocenters. The van der Waals surface area contributed by atoms with E-state index >= 15 is 0 Å².